The predicted octanol–water partition coefficient (Wildman–Crippen LogP) is 0.820. The normalized spacial score (nSPS) is 16.6. The number of para-hydroxylation sites is 1. The maximum Gasteiger partial charge on any atom is 0.254 e. The SMILES string of the molecule is O=C1N[C@@H](Cc2nc(-c3cnccn3)no2)C(=O)Nc2ccccc21. The zero-order valence-corrected chi connectivity index (χ0v) is 12.8. The van der Waals surface area contributed by atoms with Crippen molar-refractivity contribution in [1.82, 2.24) is 25.4 Å². The fourth-order valence-electron chi connectivity index (χ4n) is 2.49. The quantitative estimate of drug-likeness (QED) is 0.726. The summed E-state index contributed by atoms with van der Waals surface area (Å²) < 4.78 is 5.16. The molecule has 4 rings (SSSR count). The first-order valence-electron chi connectivity index (χ1n) is 7.50. The van der Waals surface area contributed by atoms with Gasteiger partial charge in [-0.3, -0.25) is 14.6 Å². The van der Waals surface area contributed by atoms with Gasteiger partial charge in [0.05, 0.1) is 23.9 Å². The van der Waals surface area contributed by atoms with Crippen molar-refractivity contribution in [2.45, 2.75) is 12.5 Å². The standard InChI is InChI=1S/C16H12N6O3/c23-15-9-3-1-2-4-10(9)19-16(24)11(20-15)7-13-21-14(22-25-13)12-8-17-5-6-18-12/h1-6,8,11H,7H2,(H,19,24)(H,20,23)/t11-/m0/s1. The van der Waals surface area contributed by atoms with Gasteiger partial charge in [-0.05, 0) is 12.1 Å². The molecule has 0 bridgehead atoms. The minimum absolute atomic E-state index is 0.0683. The number of nitrogens with zero attached hydrogens (tertiary/aromatic N) is 4. The van der Waals surface area contributed by atoms with Crippen LogP contribution in [0.2, 0.25) is 0 Å². The highest BCUT2D eigenvalue weighted by molar-refractivity contribution is 6.09. The van der Waals surface area contributed by atoms with Crippen LogP contribution in [0.5, 0.6) is 0 Å². The zero-order chi connectivity index (χ0) is 17.2. The lowest BCUT2D eigenvalue weighted by Crippen LogP contribution is -2.42. The number of carbonyl (C=O) groups excluding carboxylic acids is 2. The predicted molar refractivity (Wildman–Crippen MR) is 85.4 cm³/mol. The van der Waals surface area contributed by atoms with Crippen LogP contribution in [-0.4, -0.2) is 38.0 Å². The van der Waals surface area contributed by atoms with Gasteiger partial charge in [0.15, 0.2) is 0 Å². The van der Waals surface area contributed by atoms with E-state index < -0.39 is 6.04 Å². The molecule has 0 aliphatic carbocycles. The molecule has 1 aliphatic heterocycles. The third-order valence-corrected chi connectivity index (χ3v) is 3.69. The summed E-state index contributed by atoms with van der Waals surface area (Å²) in [5, 5.41) is 9.23. The number of hydrogen-bond donors (Lipinski definition) is 2. The van der Waals surface area contributed by atoms with Crippen LogP contribution in [0, 0.1) is 0 Å². The summed E-state index contributed by atoms with van der Waals surface area (Å²) in [6, 6.07) is 5.98. The van der Waals surface area contributed by atoms with E-state index >= 15 is 0 Å². The Labute approximate surface area is 141 Å². The molecule has 1 aromatic carbocycles. The van der Waals surface area contributed by atoms with Crippen molar-refractivity contribution in [3.05, 3.63) is 54.3 Å². The second kappa shape index (κ2) is 6.11. The van der Waals surface area contributed by atoms with Crippen molar-refractivity contribution in [3.63, 3.8) is 0 Å². The molecular formula is C16H12N6O3. The first-order valence-corrected chi connectivity index (χ1v) is 7.50. The Kier molecular flexibility index (Phi) is 3.65. The number of nitrogens with one attached hydrogen (secondary N) is 2. The van der Waals surface area contributed by atoms with E-state index in [1.807, 2.05) is 0 Å². The lowest BCUT2D eigenvalue weighted by atomic mass is 10.1. The van der Waals surface area contributed by atoms with Crippen LogP contribution in [0.4, 0.5) is 5.69 Å². The highest BCUT2D eigenvalue weighted by atomic mass is 16.5. The summed E-state index contributed by atoms with van der Waals surface area (Å²) in [6.45, 7) is 0. The van der Waals surface area contributed by atoms with E-state index in [4.69, 9.17) is 4.52 Å². The van der Waals surface area contributed by atoms with E-state index in [1.165, 1.54) is 18.6 Å². The van der Waals surface area contributed by atoms with Gasteiger partial charge >= 0.3 is 0 Å². The van der Waals surface area contributed by atoms with E-state index in [1.54, 1.807) is 24.3 Å². The summed E-state index contributed by atoms with van der Waals surface area (Å²) in [6.07, 6.45) is 4.62. The fraction of sp³-hybridized carbons (Fsp3) is 0.125. The molecule has 2 N–H and O–H groups in total. The lowest BCUT2D eigenvalue weighted by molar-refractivity contribution is -0.118. The monoisotopic (exact) mass is 336 g/mol. The molecule has 2 aromatic heterocycles. The molecule has 0 saturated heterocycles. The Hall–Kier alpha value is -3.62. The summed E-state index contributed by atoms with van der Waals surface area (Å²) in [5.41, 5.74) is 1.33. The van der Waals surface area contributed by atoms with Crippen LogP contribution in [0.1, 0.15) is 16.2 Å². The van der Waals surface area contributed by atoms with E-state index in [0.29, 0.717) is 16.9 Å². The summed E-state index contributed by atoms with van der Waals surface area (Å²) in [7, 11) is 0. The number of amides is 2. The third kappa shape index (κ3) is 2.94. The van der Waals surface area contributed by atoms with E-state index in [9.17, 15) is 9.59 Å². The molecule has 0 radical (unpaired) electrons. The number of anilines is 1. The minimum Gasteiger partial charge on any atom is -0.340 e. The van der Waals surface area contributed by atoms with Crippen molar-refractivity contribution in [2.24, 2.45) is 0 Å². The van der Waals surface area contributed by atoms with E-state index in [2.05, 4.69) is 30.7 Å². The second-order valence-corrected chi connectivity index (χ2v) is 5.37. The van der Waals surface area contributed by atoms with Crippen LogP contribution in [0.3, 0.4) is 0 Å². The molecule has 3 heterocycles. The second-order valence-electron chi connectivity index (χ2n) is 5.37. The highest BCUT2D eigenvalue weighted by Crippen LogP contribution is 2.19. The molecule has 124 valence electrons. The van der Waals surface area contributed by atoms with Gasteiger partial charge in [0, 0.05) is 12.4 Å². The minimum atomic E-state index is -0.824. The van der Waals surface area contributed by atoms with Crippen molar-refractivity contribution < 1.29 is 14.1 Å². The van der Waals surface area contributed by atoms with Crippen LogP contribution < -0.4 is 10.6 Å². The first kappa shape index (κ1) is 14.9. The van der Waals surface area contributed by atoms with Gasteiger partial charge in [-0.25, -0.2) is 4.98 Å². The van der Waals surface area contributed by atoms with E-state index in [0.717, 1.165) is 0 Å². The van der Waals surface area contributed by atoms with Crippen LogP contribution in [0.25, 0.3) is 11.5 Å². The average molecular weight is 336 g/mol. The van der Waals surface area contributed by atoms with Gasteiger partial charge in [-0.15, -0.1) is 0 Å². The van der Waals surface area contributed by atoms with Gasteiger partial charge < -0.3 is 15.2 Å². The summed E-state index contributed by atoms with van der Waals surface area (Å²) in [5.74, 6) is -0.205. The molecule has 0 saturated carbocycles. The topological polar surface area (TPSA) is 123 Å². The number of hydrogen-bond acceptors (Lipinski definition) is 7. The average Bonchev–Trinajstić information content (AvgIpc) is 3.06. The Morgan fingerprint density at radius 1 is 1.16 bits per heavy atom. The number of benzene rings is 1. The van der Waals surface area contributed by atoms with Gasteiger partial charge in [-0.2, -0.15) is 4.98 Å². The number of carbonyl (C=O) groups is 2. The van der Waals surface area contributed by atoms with Gasteiger partial charge in [0.1, 0.15) is 11.7 Å². The molecule has 0 fully saturated rings. The van der Waals surface area contributed by atoms with Crippen molar-refractivity contribution in [3.8, 4) is 11.5 Å². The van der Waals surface area contributed by atoms with Crippen molar-refractivity contribution in [1.29, 1.82) is 0 Å². The molecule has 0 spiro atoms. The van der Waals surface area contributed by atoms with Crippen LogP contribution in [-0.2, 0) is 11.2 Å². The Morgan fingerprint density at radius 2 is 2.04 bits per heavy atom. The highest BCUT2D eigenvalue weighted by Gasteiger charge is 2.29. The lowest BCUT2D eigenvalue weighted by Gasteiger charge is -2.11. The van der Waals surface area contributed by atoms with Gasteiger partial charge in [-0.1, -0.05) is 17.3 Å². The van der Waals surface area contributed by atoms with Crippen LogP contribution in [0.15, 0.2) is 47.4 Å². The molecule has 9 heteroatoms. The number of fused-ring (bicyclic) bond motifs is 1. The number of aromatic nitrogens is 4. The van der Waals surface area contributed by atoms with Crippen LogP contribution >= 0.6 is 0 Å². The fourth-order valence-corrected chi connectivity index (χ4v) is 2.49. The maximum absolute atomic E-state index is 12.4. The largest absolute Gasteiger partial charge is 0.340 e. The van der Waals surface area contributed by atoms with Gasteiger partial charge in [0.25, 0.3) is 5.91 Å². The molecule has 1 aliphatic rings. The third-order valence-electron chi connectivity index (χ3n) is 3.69. The molecule has 9 nitrogen and oxygen atoms in total. The first-order chi connectivity index (χ1) is 12.2. The zero-order valence-electron chi connectivity index (χ0n) is 12.8. The molecular weight excluding hydrogens is 324 g/mol. The molecule has 0 unspecified atom stereocenters. The summed E-state index contributed by atoms with van der Waals surface area (Å²) in [4.78, 5) is 36.9. The van der Waals surface area contributed by atoms with Crippen molar-refractivity contribution in [2.75, 3.05) is 5.32 Å². The van der Waals surface area contributed by atoms with Gasteiger partial charge in [0.2, 0.25) is 17.6 Å². The van der Waals surface area contributed by atoms with E-state index in [-0.39, 0.29) is 30.0 Å². The molecule has 2 amide bonds. The Bertz CT molecular complexity index is 940. The number of rotatable bonds is 3. The summed E-state index contributed by atoms with van der Waals surface area (Å²) >= 11 is 0. The smallest absolute Gasteiger partial charge is 0.254 e. The van der Waals surface area contributed by atoms with Crippen molar-refractivity contribution >= 4 is 17.5 Å². The molecule has 1 atom stereocenters. The molecule has 25 heavy (non-hydrogen) atoms. The Balaban J connectivity index is 1.55. The molecule has 3 aromatic rings. The maximum atomic E-state index is 12.4. The Morgan fingerprint density at radius 3 is 2.88 bits per heavy atom.